The Morgan fingerprint density at radius 2 is 2.27 bits per heavy atom. The summed E-state index contributed by atoms with van der Waals surface area (Å²) in [7, 11) is 0. The molecule has 0 aliphatic carbocycles. The predicted octanol–water partition coefficient (Wildman–Crippen LogP) is 1.26. The van der Waals surface area contributed by atoms with E-state index in [2.05, 4.69) is 17.0 Å². The average Bonchev–Trinajstić information content (AvgIpc) is 2.33. The van der Waals surface area contributed by atoms with E-state index in [-0.39, 0.29) is 5.76 Å². The van der Waals surface area contributed by atoms with Gasteiger partial charge in [-0.25, -0.2) is 0 Å². The van der Waals surface area contributed by atoms with Crippen LogP contribution in [0.2, 0.25) is 0 Å². The van der Waals surface area contributed by atoms with E-state index in [1.807, 2.05) is 0 Å². The summed E-state index contributed by atoms with van der Waals surface area (Å²) in [5, 5.41) is 9.39. The Kier molecular flexibility index (Phi) is 1.95. The molecule has 0 radical (unpaired) electrons. The van der Waals surface area contributed by atoms with Crippen LogP contribution in [0.15, 0.2) is 16.5 Å². The normalized spacial score (nSPS) is 9.55. The lowest BCUT2D eigenvalue weighted by Crippen LogP contribution is -1.85. The number of carbonyl (C=O) groups is 1. The molecule has 1 heterocycles. The average molecular weight is 173 g/mol. The summed E-state index contributed by atoms with van der Waals surface area (Å²) < 4.78 is 4.48. The van der Waals surface area contributed by atoms with Gasteiger partial charge in [0.15, 0.2) is 5.76 Å². The molecule has 0 aliphatic heterocycles. The van der Waals surface area contributed by atoms with Crippen molar-refractivity contribution in [1.29, 1.82) is 0 Å². The number of hydrogen-bond donors (Lipinski definition) is 1. The molecule has 58 valence electrons. The molecule has 0 spiro atoms. The maximum atomic E-state index is 10.4. The van der Waals surface area contributed by atoms with Crippen molar-refractivity contribution in [2.45, 2.75) is 0 Å². The van der Waals surface area contributed by atoms with Gasteiger partial charge >= 0.3 is 5.88 Å². The van der Waals surface area contributed by atoms with Gasteiger partial charge in [-0.05, 0) is 6.07 Å². The molecule has 0 bridgehead atoms. The molecule has 1 aromatic heterocycles. The summed E-state index contributed by atoms with van der Waals surface area (Å²) in [6, 6.07) is 2.30. The van der Waals surface area contributed by atoms with Gasteiger partial charge in [-0.2, -0.15) is 0 Å². The highest BCUT2D eigenvalue weighted by molar-refractivity contribution is 7.97. The Morgan fingerprint density at radius 1 is 1.64 bits per heavy atom. The summed E-state index contributed by atoms with van der Waals surface area (Å²) in [4.78, 5) is 19.7. The first-order valence-corrected chi connectivity index (χ1v) is 3.03. The molecule has 1 aromatic rings. The maximum Gasteiger partial charge on any atom is 0.433 e. The van der Waals surface area contributed by atoms with Crippen LogP contribution in [-0.2, 0) is 0 Å². The van der Waals surface area contributed by atoms with Crippen LogP contribution >= 0.6 is 12.6 Å². The van der Waals surface area contributed by atoms with Crippen LogP contribution in [-0.4, -0.2) is 10.0 Å². The molecular formula is C5H3NO4S. The predicted molar refractivity (Wildman–Crippen MR) is 38.7 cm³/mol. The van der Waals surface area contributed by atoms with Crippen molar-refractivity contribution < 1.29 is 14.1 Å². The molecule has 0 saturated carbocycles. The topological polar surface area (TPSA) is 73.3 Å². The molecule has 0 atom stereocenters. The number of nitro groups is 1. The second kappa shape index (κ2) is 2.75. The highest BCUT2D eigenvalue weighted by Gasteiger charge is 2.14. The monoisotopic (exact) mass is 173 g/mol. The molecule has 0 amide bonds. The molecule has 0 aliphatic rings. The number of rotatable bonds is 2. The standard InChI is InChI=1S/C5H3NO4S/c7-5(11)3-1-2-4(10-3)6(8)9/h1-2H,(H,7,11). The third-order valence-corrected chi connectivity index (χ3v) is 1.20. The van der Waals surface area contributed by atoms with Gasteiger partial charge in [0.2, 0.25) is 0 Å². The van der Waals surface area contributed by atoms with Gasteiger partial charge in [-0.1, -0.05) is 12.6 Å². The highest BCUT2D eigenvalue weighted by atomic mass is 32.1. The van der Waals surface area contributed by atoms with Crippen molar-refractivity contribution in [3.63, 3.8) is 0 Å². The van der Waals surface area contributed by atoms with Gasteiger partial charge in [-0.15, -0.1) is 0 Å². The van der Waals surface area contributed by atoms with Crippen molar-refractivity contribution in [3.05, 3.63) is 28.0 Å². The van der Waals surface area contributed by atoms with Crippen molar-refractivity contribution in [2.75, 3.05) is 0 Å². The number of carbonyl (C=O) groups excluding carboxylic acids is 1. The van der Waals surface area contributed by atoms with Crippen LogP contribution in [0.4, 0.5) is 5.88 Å². The lowest BCUT2D eigenvalue weighted by atomic mass is 10.5. The fraction of sp³-hybridized carbons (Fsp3) is 0. The molecule has 0 fully saturated rings. The summed E-state index contributed by atoms with van der Waals surface area (Å²) in [5.74, 6) is -0.581. The number of thiol groups is 1. The van der Waals surface area contributed by atoms with Gasteiger partial charge in [0, 0.05) is 0 Å². The summed E-state index contributed by atoms with van der Waals surface area (Å²) in [5.41, 5.74) is 0. The maximum absolute atomic E-state index is 10.4. The zero-order chi connectivity index (χ0) is 8.43. The second-order valence-corrected chi connectivity index (χ2v) is 2.11. The summed E-state index contributed by atoms with van der Waals surface area (Å²) >= 11 is 3.41. The third-order valence-electron chi connectivity index (χ3n) is 0.983. The molecule has 0 N–H and O–H groups in total. The van der Waals surface area contributed by atoms with Gasteiger partial charge in [0.1, 0.15) is 4.92 Å². The minimum absolute atomic E-state index is 0.125. The SMILES string of the molecule is O=C(S)c1ccc([N+](=O)[O-])o1. The zero-order valence-electron chi connectivity index (χ0n) is 5.18. The molecule has 1 rings (SSSR count). The van der Waals surface area contributed by atoms with Crippen LogP contribution in [0.1, 0.15) is 10.6 Å². The van der Waals surface area contributed by atoms with E-state index in [4.69, 9.17) is 0 Å². The lowest BCUT2D eigenvalue weighted by molar-refractivity contribution is -0.402. The van der Waals surface area contributed by atoms with Crippen LogP contribution in [0.25, 0.3) is 0 Å². The van der Waals surface area contributed by atoms with Gasteiger partial charge in [0.05, 0.1) is 6.07 Å². The Labute approximate surface area is 66.6 Å². The first-order chi connectivity index (χ1) is 5.11. The van der Waals surface area contributed by atoms with E-state index in [0.717, 1.165) is 6.07 Å². The largest absolute Gasteiger partial charge is 0.433 e. The second-order valence-electron chi connectivity index (χ2n) is 1.70. The Bertz CT molecular complexity index is 277. The Balaban J connectivity index is 2.99. The van der Waals surface area contributed by atoms with Crippen molar-refractivity contribution >= 4 is 23.6 Å². The molecule has 11 heavy (non-hydrogen) atoms. The number of nitrogens with zero attached hydrogens (tertiary/aromatic N) is 1. The van der Waals surface area contributed by atoms with Crippen LogP contribution in [0.5, 0.6) is 0 Å². The van der Waals surface area contributed by atoms with E-state index >= 15 is 0 Å². The summed E-state index contributed by atoms with van der Waals surface area (Å²) in [6.07, 6.45) is 0. The Hall–Kier alpha value is -1.30. The molecule has 6 heteroatoms. The van der Waals surface area contributed by atoms with E-state index in [0.29, 0.717) is 0 Å². The smallest absolute Gasteiger partial charge is 0.397 e. The lowest BCUT2D eigenvalue weighted by Gasteiger charge is -1.82. The summed E-state index contributed by atoms with van der Waals surface area (Å²) in [6.45, 7) is 0. The molecule has 0 saturated heterocycles. The van der Waals surface area contributed by atoms with Crippen LogP contribution in [0.3, 0.4) is 0 Å². The third kappa shape index (κ3) is 1.58. The minimum atomic E-state index is -0.722. The quantitative estimate of drug-likeness (QED) is 0.415. The van der Waals surface area contributed by atoms with Crippen molar-refractivity contribution in [2.24, 2.45) is 0 Å². The molecule has 0 aromatic carbocycles. The van der Waals surface area contributed by atoms with E-state index in [9.17, 15) is 14.9 Å². The van der Waals surface area contributed by atoms with E-state index in [1.165, 1.54) is 6.07 Å². The highest BCUT2D eigenvalue weighted by Crippen LogP contribution is 2.16. The first kappa shape index (κ1) is 7.80. The number of hydrogen-bond acceptors (Lipinski definition) is 4. The zero-order valence-corrected chi connectivity index (χ0v) is 6.08. The van der Waals surface area contributed by atoms with Crippen molar-refractivity contribution in [3.8, 4) is 0 Å². The van der Waals surface area contributed by atoms with Gasteiger partial charge in [-0.3, -0.25) is 14.9 Å². The van der Waals surface area contributed by atoms with Crippen molar-refractivity contribution in [1.82, 2.24) is 0 Å². The molecule has 5 nitrogen and oxygen atoms in total. The van der Waals surface area contributed by atoms with Gasteiger partial charge < -0.3 is 4.42 Å². The number of furan rings is 1. The van der Waals surface area contributed by atoms with E-state index in [1.54, 1.807) is 0 Å². The molecular weight excluding hydrogens is 170 g/mol. The fourth-order valence-corrected chi connectivity index (χ4v) is 0.661. The Morgan fingerprint density at radius 3 is 2.55 bits per heavy atom. The fourth-order valence-electron chi connectivity index (χ4n) is 0.541. The first-order valence-electron chi connectivity index (χ1n) is 2.59. The van der Waals surface area contributed by atoms with Crippen LogP contribution in [0, 0.1) is 10.1 Å². The van der Waals surface area contributed by atoms with E-state index < -0.39 is 15.9 Å². The molecule has 0 unspecified atom stereocenters. The van der Waals surface area contributed by atoms with Crippen LogP contribution < -0.4 is 0 Å². The van der Waals surface area contributed by atoms with Gasteiger partial charge in [0.25, 0.3) is 5.12 Å². The minimum Gasteiger partial charge on any atom is -0.397 e.